The number of aliphatic carboxylic acids is 1. The zero-order valence-corrected chi connectivity index (χ0v) is 11.8. The summed E-state index contributed by atoms with van der Waals surface area (Å²) in [7, 11) is -3.50. The molecule has 0 saturated carbocycles. The normalized spacial score (nSPS) is 11.9. The summed E-state index contributed by atoms with van der Waals surface area (Å²) in [6, 6.07) is 3.75. The predicted molar refractivity (Wildman–Crippen MR) is 71.3 cm³/mol. The molecule has 0 aromatic carbocycles. The van der Waals surface area contributed by atoms with Crippen molar-refractivity contribution >= 4 is 27.3 Å². The quantitative estimate of drug-likeness (QED) is 0.786. The van der Waals surface area contributed by atoms with E-state index in [1.807, 2.05) is 24.4 Å². The zero-order valence-electron chi connectivity index (χ0n) is 10.2. The molecule has 102 valence electrons. The second kappa shape index (κ2) is 6.86. The van der Waals surface area contributed by atoms with Crippen molar-refractivity contribution in [2.24, 2.45) is 0 Å². The molecule has 0 radical (unpaired) electrons. The molecule has 1 heterocycles. The van der Waals surface area contributed by atoms with Gasteiger partial charge in [0.05, 0.1) is 5.75 Å². The number of carboxylic acids is 1. The first-order valence-electron chi connectivity index (χ1n) is 5.67. The lowest BCUT2D eigenvalue weighted by Gasteiger charge is -2.19. The molecule has 0 fully saturated rings. The average Bonchev–Trinajstić information content (AvgIpc) is 2.78. The Hall–Kier alpha value is -0.920. The number of carboxylic acid groups (broad SMARTS) is 1. The van der Waals surface area contributed by atoms with Gasteiger partial charge in [0, 0.05) is 11.4 Å². The van der Waals surface area contributed by atoms with Gasteiger partial charge in [-0.15, -0.1) is 11.3 Å². The van der Waals surface area contributed by atoms with E-state index in [4.69, 9.17) is 5.11 Å². The molecule has 5 nitrogen and oxygen atoms in total. The zero-order chi connectivity index (χ0) is 13.6. The Bertz CT molecular complexity index is 467. The molecule has 0 unspecified atom stereocenters. The Labute approximate surface area is 111 Å². The van der Waals surface area contributed by atoms with Crippen LogP contribution in [-0.4, -0.2) is 42.6 Å². The van der Waals surface area contributed by atoms with E-state index in [9.17, 15) is 13.2 Å². The number of hydrogen-bond acceptors (Lipinski definition) is 4. The Morgan fingerprint density at radius 3 is 2.72 bits per heavy atom. The van der Waals surface area contributed by atoms with Gasteiger partial charge in [0.1, 0.15) is 6.54 Å². The van der Waals surface area contributed by atoms with Crippen molar-refractivity contribution in [3.05, 3.63) is 22.4 Å². The van der Waals surface area contributed by atoms with Crippen LogP contribution >= 0.6 is 11.3 Å². The molecular weight excluding hydrogens is 274 g/mol. The highest BCUT2D eigenvalue weighted by Crippen LogP contribution is 2.12. The van der Waals surface area contributed by atoms with Crippen LogP contribution in [0.4, 0.5) is 0 Å². The largest absolute Gasteiger partial charge is 0.480 e. The van der Waals surface area contributed by atoms with Crippen LogP contribution in [0.5, 0.6) is 0 Å². The summed E-state index contributed by atoms with van der Waals surface area (Å²) in [5.74, 6) is -1.16. The van der Waals surface area contributed by atoms with E-state index in [0.29, 0.717) is 12.8 Å². The molecule has 1 aromatic heterocycles. The molecule has 0 spiro atoms. The first kappa shape index (κ1) is 15.1. The molecular formula is C11H17NO4S2. The van der Waals surface area contributed by atoms with Crippen LogP contribution in [0.1, 0.15) is 18.2 Å². The van der Waals surface area contributed by atoms with E-state index in [0.717, 1.165) is 9.18 Å². The van der Waals surface area contributed by atoms with Gasteiger partial charge in [-0.3, -0.25) is 4.79 Å². The standard InChI is InChI=1S/C11H17NO4S2/c1-2-6-12(9-11(13)14)18(15,16)8-5-10-4-3-7-17-10/h3-4,7H,2,5-6,8-9H2,1H3,(H,13,14). The maximum Gasteiger partial charge on any atom is 0.318 e. The highest BCUT2D eigenvalue weighted by Gasteiger charge is 2.23. The SMILES string of the molecule is CCCN(CC(=O)O)S(=O)(=O)CCc1cccs1. The molecule has 1 aromatic rings. The third-order valence-corrected chi connectivity index (χ3v) is 5.12. The van der Waals surface area contributed by atoms with Crippen LogP contribution < -0.4 is 0 Å². The van der Waals surface area contributed by atoms with Gasteiger partial charge in [0.2, 0.25) is 10.0 Å². The van der Waals surface area contributed by atoms with Gasteiger partial charge in [-0.25, -0.2) is 8.42 Å². The van der Waals surface area contributed by atoms with Crippen LogP contribution in [0.25, 0.3) is 0 Å². The smallest absolute Gasteiger partial charge is 0.318 e. The van der Waals surface area contributed by atoms with Gasteiger partial charge >= 0.3 is 5.97 Å². The first-order valence-corrected chi connectivity index (χ1v) is 8.16. The second-order valence-corrected chi connectivity index (χ2v) is 6.99. The van der Waals surface area contributed by atoms with Crippen molar-refractivity contribution in [3.8, 4) is 0 Å². The summed E-state index contributed by atoms with van der Waals surface area (Å²) < 4.78 is 25.1. The number of thiophene rings is 1. The summed E-state index contributed by atoms with van der Waals surface area (Å²) in [6.07, 6.45) is 1.03. The van der Waals surface area contributed by atoms with Crippen molar-refractivity contribution in [3.63, 3.8) is 0 Å². The molecule has 18 heavy (non-hydrogen) atoms. The van der Waals surface area contributed by atoms with Crippen LogP contribution in [0, 0.1) is 0 Å². The number of rotatable bonds is 8. The van der Waals surface area contributed by atoms with Gasteiger partial charge in [-0.05, 0) is 24.3 Å². The molecule has 0 aliphatic carbocycles. The van der Waals surface area contributed by atoms with Gasteiger partial charge in [-0.1, -0.05) is 13.0 Å². The highest BCUT2D eigenvalue weighted by atomic mass is 32.2. The fourth-order valence-corrected chi connectivity index (χ4v) is 3.87. The molecule has 0 atom stereocenters. The first-order chi connectivity index (χ1) is 8.45. The van der Waals surface area contributed by atoms with Gasteiger partial charge in [0.15, 0.2) is 0 Å². The van der Waals surface area contributed by atoms with E-state index in [1.54, 1.807) is 0 Å². The monoisotopic (exact) mass is 291 g/mol. The van der Waals surface area contributed by atoms with Crippen LogP contribution in [0.2, 0.25) is 0 Å². The Kier molecular flexibility index (Phi) is 5.77. The average molecular weight is 291 g/mol. The fourth-order valence-electron chi connectivity index (χ4n) is 1.53. The molecule has 0 bridgehead atoms. The second-order valence-electron chi connectivity index (χ2n) is 3.87. The molecule has 0 aliphatic heterocycles. The van der Waals surface area contributed by atoms with E-state index < -0.39 is 22.5 Å². The summed E-state index contributed by atoms with van der Waals surface area (Å²) in [5.41, 5.74) is 0. The fraction of sp³-hybridized carbons (Fsp3) is 0.545. The molecule has 1 rings (SSSR count). The molecule has 0 amide bonds. The number of aryl methyl sites for hydroxylation is 1. The molecule has 0 aliphatic rings. The van der Waals surface area contributed by atoms with Gasteiger partial charge < -0.3 is 5.11 Å². The number of nitrogens with zero attached hydrogens (tertiary/aromatic N) is 1. The lowest BCUT2D eigenvalue weighted by Crippen LogP contribution is -2.38. The van der Waals surface area contributed by atoms with Crippen LogP contribution in [-0.2, 0) is 21.2 Å². The maximum absolute atomic E-state index is 12.0. The Morgan fingerprint density at radius 2 is 2.22 bits per heavy atom. The Morgan fingerprint density at radius 1 is 1.50 bits per heavy atom. The van der Waals surface area contributed by atoms with Crippen molar-refractivity contribution in [2.45, 2.75) is 19.8 Å². The minimum Gasteiger partial charge on any atom is -0.480 e. The number of hydrogen-bond donors (Lipinski definition) is 1. The summed E-state index contributed by atoms with van der Waals surface area (Å²) in [4.78, 5) is 11.7. The number of sulfonamides is 1. The van der Waals surface area contributed by atoms with E-state index in [1.165, 1.54) is 11.3 Å². The molecule has 1 N–H and O–H groups in total. The topological polar surface area (TPSA) is 74.7 Å². The minimum absolute atomic E-state index is 0.0409. The van der Waals surface area contributed by atoms with Gasteiger partial charge in [0.25, 0.3) is 0 Å². The highest BCUT2D eigenvalue weighted by molar-refractivity contribution is 7.89. The van der Waals surface area contributed by atoms with E-state index in [2.05, 4.69) is 0 Å². The molecule has 0 saturated heterocycles. The van der Waals surface area contributed by atoms with Crippen molar-refractivity contribution in [1.29, 1.82) is 0 Å². The van der Waals surface area contributed by atoms with Crippen molar-refractivity contribution < 1.29 is 18.3 Å². The Balaban J connectivity index is 2.65. The minimum atomic E-state index is -3.50. The third kappa shape index (κ3) is 4.75. The van der Waals surface area contributed by atoms with Crippen LogP contribution in [0.15, 0.2) is 17.5 Å². The van der Waals surface area contributed by atoms with Crippen LogP contribution in [0.3, 0.4) is 0 Å². The lowest BCUT2D eigenvalue weighted by molar-refractivity contribution is -0.137. The number of carbonyl (C=O) groups is 1. The van der Waals surface area contributed by atoms with E-state index >= 15 is 0 Å². The maximum atomic E-state index is 12.0. The molecule has 7 heteroatoms. The predicted octanol–water partition coefficient (Wildman–Crippen LogP) is 1.42. The summed E-state index contributed by atoms with van der Waals surface area (Å²) >= 11 is 1.50. The summed E-state index contributed by atoms with van der Waals surface area (Å²) in [6.45, 7) is 1.61. The van der Waals surface area contributed by atoms with Crippen molar-refractivity contribution in [2.75, 3.05) is 18.8 Å². The lowest BCUT2D eigenvalue weighted by atomic mass is 10.4. The van der Waals surface area contributed by atoms with Gasteiger partial charge in [-0.2, -0.15) is 4.31 Å². The van der Waals surface area contributed by atoms with Crippen molar-refractivity contribution in [1.82, 2.24) is 4.31 Å². The van der Waals surface area contributed by atoms with E-state index in [-0.39, 0.29) is 12.3 Å². The summed E-state index contributed by atoms with van der Waals surface area (Å²) in [5, 5.41) is 10.6. The third-order valence-electron chi connectivity index (χ3n) is 2.36.